The van der Waals surface area contributed by atoms with Crippen LogP contribution in [0.1, 0.15) is 33.1 Å². The first-order valence-corrected chi connectivity index (χ1v) is 6.22. The van der Waals surface area contributed by atoms with Gasteiger partial charge in [0.15, 0.2) is 0 Å². The van der Waals surface area contributed by atoms with Gasteiger partial charge in [0, 0.05) is 0 Å². The van der Waals surface area contributed by atoms with Gasteiger partial charge in [0.1, 0.15) is 6.17 Å². The molecule has 0 aliphatic heterocycles. The van der Waals surface area contributed by atoms with Crippen LogP contribution >= 0.6 is 0 Å². The third-order valence-corrected chi connectivity index (χ3v) is 2.65. The van der Waals surface area contributed by atoms with E-state index in [9.17, 15) is 4.39 Å². The Balaban J connectivity index is 2.65. The zero-order valence-electron chi connectivity index (χ0n) is 10.7. The normalized spacial score (nSPS) is 20.9. The molecule has 1 aliphatic carbocycles. The minimum atomic E-state index is -0.880. The number of hydrogen-bond donors (Lipinski definition) is 0. The Morgan fingerprint density at radius 1 is 1.41 bits per heavy atom. The molecule has 0 spiro atoms. The van der Waals surface area contributed by atoms with Crippen molar-refractivity contribution < 1.29 is 4.39 Å². The molecule has 0 aromatic rings. The molecule has 0 aromatic heterocycles. The Labute approximate surface area is 104 Å². The molecule has 0 saturated heterocycles. The zero-order chi connectivity index (χ0) is 12.5. The molecule has 0 saturated carbocycles. The second-order valence-electron chi connectivity index (χ2n) is 4.22. The van der Waals surface area contributed by atoms with Crippen LogP contribution in [0, 0.1) is 0 Å². The van der Waals surface area contributed by atoms with Gasteiger partial charge < -0.3 is 0 Å². The molecule has 17 heavy (non-hydrogen) atoms. The molecule has 0 fully saturated rings. The molecular formula is C16H21F. The molecule has 1 rings (SSSR count). The summed E-state index contributed by atoms with van der Waals surface area (Å²) in [5.41, 5.74) is 2.47. The molecule has 1 atom stereocenters. The van der Waals surface area contributed by atoms with Crippen LogP contribution in [-0.2, 0) is 0 Å². The van der Waals surface area contributed by atoms with Crippen molar-refractivity contribution in [2.45, 2.75) is 39.3 Å². The van der Waals surface area contributed by atoms with E-state index in [0.717, 1.165) is 24.8 Å². The molecule has 1 aliphatic rings. The molecule has 1 unspecified atom stereocenters. The fourth-order valence-electron chi connectivity index (χ4n) is 1.67. The smallest absolute Gasteiger partial charge is 0.116 e. The Morgan fingerprint density at radius 3 is 2.94 bits per heavy atom. The molecule has 0 bridgehead atoms. The lowest BCUT2D eigenvalue weighted by Crippen LogP contribution is -1.88. The Hall–Kier alpha value is -1.37. The van der Waals surface area contributed by atoms with Gasteiger partial charge >= 0.3 is 0 Å². The first-order valence-electron chi connectivity index (χ1n) is 6.22. The summed E-state index contributed by atoms with van der Waals surface area (Å²) < 4.78 is 12.7. The number of alkyl halides is 1. The van der Waals surface area contributed by atoms with E-state index in [-0.39, 0.29) is 0 Å². The van der Waals surface area contributed by atoms with Crippen molar-refractivity contribution in [3.8, 4) is 0 Å². The SMILES string of the molecule is C/C=C(\C=C/C(C)F)CC1=CCC/C=C/C=C1. The van der Waals surface area contributed by atoms with Crippen molar-refractivity contribution in [2.24, 2.45) is 0 Å². The van der Waals surface area contributed by atoms with Crippen molar-refractivity contribution in [3.05, 3.63) is 59.8 Å². The fourth-order valence-corrected chi connectivity index (χ4v) is 1.67. The van der Waals surface area contributed by atoms with Gasteiger partial charge in [0.2, 0.25) is 0 Å². The maximum absolute atomic E-state index is 12.7. The summed E-state index contributed by atoms with van der Waals surface area (Å²) in [4.78, 5) is 0. The molecule has 0 nitrogen and oxygen atoms in total. The van der Waals surface area contributed by atoms with Gasteiger partial charge in [-0.15, -0.1) is 0 Å². The molecule has 92 valence electrons. The largest absolute Gasteiger partial charge is 0.243 e. The van der Waals surface area contributed by atoms with E-state index in [1.54, 1.807) is 13.0 Å². The minimum Gasteiger partial charge on any atom is -0.243 e. The number of allylic oxidation sites excluding steroid dienone is 10. The van der Waals surface area contributed by atoms with Crippen LogP contribution < -0.4 is 0 Å². The van der Waals surface area contributed by atoms with Crippen molar-refractivity contribution in [2.75, 3.05) is 0 Å². The summed E-state index contributed by atoms with van der Waals surface area (Å²) in [5, 5.41) is 0. The second kappa shape index (κ2) is 7.83. The summed E-state index contributed by atoms with van der Waals surface area (Å²) in [5.74, 6) is 0. The van der Waals surface area contributed by atoms with E-state index in [0.29, 0.717) is 0 Å². The van der Waals surface area contributed by atoms with E-state index < -0.39 is 6.17 Å². The van der Waals surface area contributed by atoms with E-state index in [2.05, 4.69) is 30.4 Å². The highest BCUT2D eigenvalue weighted by Gasteiger charge is 1.98. The second-order valence-corrected chi connectivity index (χ2v) is 4.22. The lowest BCUT2D eigenvalue weighted by molar-refractivity contribution is 0.430. The third-order valence-electron chi connectivity index (χ3n) is 2.65. The first-order chi connectivity index (χ1) is 8.22. The van der Waals surface area contributed by atoms with Gasteiger partial charge in [-0.25, -0.2) is 4.39 Å². The quantitative estimate of drug-likeness (QED) is 0.594. The van der Waals surface area contributed by atoms with Gasteiger partial charge in [-0.05, 0) is 44.3 Å². The van der Waals surface area contributed by atoms with E-state index in [1.165, 1.54) is 5.57 Å². The van der Waals surface area contributed by atoms with Crippen molar-refractivity contribution in [1.82, 2.24) is 0 Å². The van der Waals surface area contributed by atoms with Crippen LogP contribution in [0.15, 0.2) is 59.8 Å². The van der Waals surface area contributed by atoms with Crippen LogP contribution in [0.4, 0.5) is 4.39 Å². The highest BCUT2D eigenvalue weighted by molar-refractivity contribution is 5.32. The summed E-state index contributed by atoms with van der Waals surface area (Å²) >= 11 is 0. The van der Waals surface area contributed by atoms with Gasteiger partial charge in [0.25, 0.3) is 0 Å². The molecule has 1 heteroatoms. The predicted octanol–water partition coefficient (Wildman–Crippen LogP) is 5.07. The summed E-state index contributed by atoms with van der Waals surface area (Å²) in [7, 11) is 0. The number of halogens is 1. The van der Waals surface area contributed by atoms with E-state index in [1.807, 2.05) is 19.1 Å². The summed E-state index contributed by atoms with van der Waals surface area (Å²) in [6.07, 6.45) is 18.4. The molecular weight excluding hydrogens is 211 g/mol. The highest BCUT2D eigenvalue weighted by Crippen LogP contribution is 2.17. The lowest BCUT2D eigenvalue weighted by Gasteiger charge is -2.05. The lowest BCUT2D eigenvalue weighted by atomic mass is 10.0. The van der Waals surface area contributed by atoms with Gasteiger partial charge in [-0.1, -0.05) is 48.6 Å². The average Bonchev–Trinajstić information content (AvgIpc) is 2.26. The van der Waals surface area contributed by atoms with Crippen LogP contribution in [-0.4, -0.2) is 6.17 Å². The van der Waals surface area contributed by atoms with Gasteiger partial charge in [-0.2, -0.15) is 0 Å². The standard InChI is InChI=1S/C16H21F/c1-3-15(12-11-14(2)17)13-16-9-7-5-4-6-8-10-16/h3-5,7,9-12,14H,6,8,13H2,1-2H3/b5-4+,9-7?,12-11-,15-3+,16-10?. The van der Waals surface area contributed by atoms with Crippen LogP contribution in [0.25, 0.3) is 0 Å². The van der Waals surface area contributed by atoms with Crippen LogP contribution in [0.5, 0.6) is 0 Å². The molecule has 0 aromatic carbocycles. The predicted molar refractivity (Wildman–Crippen MR) is 73.7 cm³/mol. The van der Waals surface area contributed by atoms with Crippen molar-refractivity contribution in [1.29, 1.82) is 0 Å². The molecule has 0 heterocycles. The summed E-state index contributed by atoms with van der Waals surface area (Å²) in [6, 6.07) is 0. The van der Waals surface area contributed by atoms with Crippen LogP contribution in [0.2, 0.25) is 0 Å². The van der Waals surface area contributed by atoms with E-state index in [4.69, 9.17) is 0 Å². The topological polar surface area (TPSA) is 0 Å². The monoisotopic (exact) mass is 232 g/mol. The third kappa shape index (κ3) is 6.06. The number of rotatable bonds is 4. The van der Waals surface area contributed by atoms with Crippen LogP contribution in [0.3, 0.4) is 0 Å². The zero-order valence-corrected chi connectivity index (χ0v) is 10.7. The maximum atomic E-state index is 12.7. The first kappa shape index (κ1) is 13.7. The number of hydrogen-bond acceptors (Lipinski definition) is 0. The molecule has 0 amide bonds. The van der Waals surface area contributed by atoms with Crippen molar-refractivity contribution >= 4 is 0 Å². The van der Waals surface area contributed by atoms with Gasteiger partial charge in [-0.3, -0.25) is 0 Å². The summed E-state index contributed by atoms with van der Waals surface area (Å²) in [6.45, 7) is 3.54. The Kier molecular flexibility index (Phi) is 6.31. The fraction of sp³-hybridized carbons (Fsp3) is 0.375. The minimum absolute atomic E-state index is 0.879. The highest BCUT2D eigenvalue weighted by atomic mass is 19.1. The maximum Gasteiger partial charge on any atom is 0.116 e. The Bertz CT molecular complexity index is 365. The molecule has 0 radical (unpaired) electrons. The van der Waals surface area contributed by atoms with Gasteiger partial charge in [0.05, 0.1) is 0 Å². The van der Waals surface area contributed by atoms with E-state index >= 15 is 0 Å². The Morgan fingerprint density at radius 2 is 2.24 bits per heavy atom. The molecule has 0 N–H and O–H groups in total. The van der Waals surface area contributed by atoms with Crippen molar-refractivity contribution in [3.63, 3.8) is 0 Å². The average molecular weight is 232 g/mol.